The summed E-state index contributed by atoms with van der Waals surface area (Å²) in [4.78, 5) is 12.3. The molecule has 104 valence electrons. The molecule has 0 bridgehead atoms. The average Bonchev–Trinajstić information content (AvgIpc) is 2.41. The Morgan fingerprint density at radius 3 is 2.50 bits per heavy atom. The van der Waals surface area contributed by atoms with Crippen molar-refractivity contribution in [1.29, 1.82) is 0 Å². The van der Waals surface area contributed by atoms with E-state index < -0.39 is 10.8 Å². The Morgan fingerprint density at radius 2 is 1.80 bits per heavy atom. The lowest BCUT2D eigenvalue weighted by molar-refractivity contribution is -0.113. The minimum atomic E-state index is -1.49. The molecule has 1 amide bonds. The van der Waals surface area contributed by atoms with Crippen molar-refractivity contribution in [3.8, 4) is 0 Å². The number of nitrogens with two attached hydrogens (primary N) is 1. The monoisotopic (exact) mass is 308 g/mol. The highest BCUT2D eigenvalue weighted by Crippen LogP contribution is 2.20. The predicted molar refractivity (Wildman–Crippen MR) is 82.2 cm³/mol. The van der Waals surface area contributed by atoms with Crippen molar-refractivity contribution in [3.05, 3.63) is 53.6 Å². The van der Waals surface area contributed by atoms with Crippen molar-refractivity contribution in [3.63, 3.8) is 0 Å². The highest BCUT2D eigenvalue weighted by atomic mass is 35.5. The van der Waals surface area contributed by atoms with Gasteiger partial charge in [0.25, 0.3) is 0 Å². The highest BCUT2D eigenvalue weighted by molar-refractivity contribution is 7.86. The largest absolute Gasteiger partial charge is 0.397 e. The van der Waals surface area contributed by atoms with Crippen molar-refractivity contribution in [2.45, 2.75) is 4.90 Å². The van der Waals surface area contributed by atoms with Crippen LogP contribution in [0, 0.1) is 0 Å². The van der Waals surface area contributed by atoms with Gasteiger partial charge in [0.2, 0.25) is 5.91 Å². The number of nitrogens with one attached hydrogen (secondary N) is 1. The average molecular weight is 309 g/mol. The second kappa shape index (κ2) is 6.54. The van der Waals surface area contributed by atoms with E-state index >= 15 is 0 Å². The molecule has 0 spiro atoms. The maximum Gasteiger partial charge on any atom is 0.237 e. The van der Waals surface area contributed by atoms with Crippen molar-refractivity contribution in [2.75, 3.05) is 16.8 Å². The van der Waals surface area contributed by atoms with E-state index in [0.717, 1.165) is 0 Å². The van der Waals surface area contributed by atoms with E-state index in [1.165, 1.54) is 0 Å². The van der Waals surface area contributed by atoms with Gasteiger partial charge in [-0.25, -0.2) is 0 Å². The van der Waals surface area contributed by atoms with E-state index in [4.69, 9.17) is 17.3 Å². The number of nitrogen functional groups attached to an aromatic ring is 1. The Balaban J connectivity index is 2.04. The molecule has 4 nitrogen and oxygen atoms in total. The van der Waals surface area contributed by atoms with Gasteiger partial charge in [0.05, 0.1) is 32.1 Å². The number of benzene rings is 2. The van der Waals surface area contributed by atoms with Crippen molar-refractivity contribution < 1.29 is 9.00 Å². The van der Waals surface area contributed by atoms with Crippen LogP contribution >= 0.6 is 11.6 Å². The van der Waals surface area contributed by atoms with Crippen LogP contribution in [0.2, 0.25) is 5.02 Å². The van der Waals surface area contributed by atoms with Crippen LogP contribution in [-0.2, 0) is 15.6 Å². The molecule has 0 aliphatic carbocycles. The molecule has 1 unspecified atom stereocenters. The third kappa shape index (κ3) is 3.59. The maximum atomic E-state index is 12.1. The number of para-hydroxylation sites is 2. The second-order valence-corrected chi connectivity index (χ2v) is 5.88. The molecule has 3 N–H and O–H groups in total. The molecule has 1 atom stereocenters. The lowest BCUT2D eigenvalue weighted by Gasteiger charge is -2.08. The van der Waals surface area contributed by atoms with Gasteiger partial charge in [0, 0.05) is 0 Å². The Morgan fingerprint density at radius 1 is 1.15 bits per heavy atom. The number of hydrogen-bond donors (Lipinski definition) is 2. The Kier molecular flexibility index (Phi) is 4.76. The zero-order valence-electron chi connectivity index (χ0n) is 10.5. The number of rotatable bonds is 4. The fourth-order valence-electron chi connectivity index (χ4n) is 1.62. The molecule has 0 aliphatic heterocycles. The number of carbonyl (C=O) groups is 1. The number of anilines is 2. The molecule has 6 heteroatoms. The lowest BCUT2D eigenvalue weighted by atomic mass is 10.3. The zero-order valence-corrected chi connectivity index (χ0v) is 12.1. The van der Waals surface area contributed by atoms with E-state index in [2.05, 4.69) is 5.32 Å². The van der Waals surface area contributed by atoms with Crippen molar-refractivity contribution >= 4 is 39.7 Å². The number of halogens is 1. The third-order valence-corrected chi connectivity index (χ3v) is 4.39. The molecule has 0 aromatic heterocycles. The number of hydrogen-bond acceptors (Lipinski definition) is 3. The van der Waals surface area contributed by atoms with E-state index in [1.54, 1.807) is 48.5 Å². The van der Waals surface area contributed by atoms with Gasteiger partial charge < -0.3 is 11.1 Å². The molecule has 0 heterocycles. The molecule has 0 aliphatic rings. The summed E-state index contributed by atoms with van der Waals surface area (Å²) in [6, 6.07) is 13.7. The Bertz CT molecular complexity index is 661. The van der Waals surface area contributed by atoms with E-state index in [0.29, 0.717) is 21.3 Å². The van der Waals surface area contributed by atoms with Crippen LogP contribution in [0.3, 0.4) is 0 Å². The maximum absolute atomic E-state index is 12.1. The first kappa shape index (κ1) is 14.6. The van der Waals surface area contributed by atoms with E-state index in [-0.39, 0.29) is 11.7 Å². The molecule has 20 heavy (non-hydrogen) atoms. The van der Waals surface area contributed by atoms with Crippen LogP contribution in [0.5, 0.6) is 0 Å². The molecule has 2 aromatic rings. The smallest absolute Gasteiger partial charge is 0.237 e. The Labute approximate surface area is 124 Å². The first-order valence-electron chi connectivity index (χ1n) is 5.85. The quantitative estimate of drug-likeness (QED) is 0.853. The normalized spacial score (nSPS) is 11.8. The van der Waals surface area contributed by atoms with Crippen molar-refractivity contribution in [1.82, 2.24) is 0 Å². The molecule has 0 fully saturated rings. The van der Waals surface area contributed by atoms with Gasteiger partial charge in [-0.05, 0) is 24.3 Å². The highest BCUT2D eigenvalue weighted by Gasteiger charge is 2.13. The predicted octanol–water partition coefficient (Wildman–Crippen LogP) is 2.67. The lowest BCUT2D eigenvalue weighted by Crippen LogP contribution is -2.20. The van der Waals surface area contributed by atoms with Crippen LogP contribution in [0.1, 0.15) is 0 Å². The first-order chi connectivity index (χ1) is 9.58. The molecule has 0 saturated carbocycles. The van der Waals surface area contributed by atoms with E-state index in [9.17, 15) is 9.00 Å². The minimum absolute atomic E-state index is 0.169. The third-order valence-electron chi connectivity index (χ3n) is 2.58. The fraction of sp³-hybridized carbons (Fsp3) is 0.0714. The SMILES string of the molecule is Nc1ccccc1NC(=O)CS(=O)c1ccccc1Cl. The molecular weight excluding hydrogens is 296 g/mol. The first-order valence-corrected chi connectivity index (χ1v) is 7.55. The summed E-state index contributed by atoms with van der Waals surface area (Å²) >= 11 is 5.94. The van der Waals surface area contributed by atoms with Crippen molar-refractivity contribution in [2.24, 2.45) is 0 Å². The fourth-order valence-corrected chi connectivity index (χ4v) is 3.00. The van der Waals surface area contributed by atoms with Gasteiger partial charge in [-0.3, -0.25) is 9.00 Å². The van der Waals surface area contributed by atoms with Crippen LogP contribution in [0.4, 0.5) is 11.4 Å². The number of amides is 1. The standard InChI is InChI=1S/C14H13ClN2O2S/c15-10-5-1-4-8-13(10)20(19)9-14(18)17-12-7-3-2-6-11(12)16/h1-8H,9,16H2,(H,17,18). The molecule has 0 saturated heterocycles. The summed E-state index contributed by atoms with van der Waals surface area (Å²) in [6.07, 6.45) is 0. The summed E-state index contributed by atoms with van der Waals surface area (Å²) in [5.41, 5.74) is 6.69. The van der Waals surface area contributed by atoms with Gasteiger partial charge in [-0.2, -0.15) is 0 Å². The summed E-state index contributed by atoms with van der Waals surface area (Å²) in [5, 5.41) is 3.02. The van der Waals surface area contributed by atoms with Crippen LogP contribution in [0.15, 0.2) is 53.4 Å². The van der Waals surface area contributed by atoms with E-state index in [1.807, 2.05) is 0 Å². The number of carbonyl (C=O) groups excluding carboxylic acids is 1. The van der Waals surface area contributed by atoms with Gasteiger partial charge in [-0.15, -0.1) is 0 Å². The van der Waals surface area contributed by atoms with Gasteiger partial charge >= 0.3 is 0 Å². The molecule has 2 rings (SSSR count). The topological polar surface area (TPSA) is 72.2 Å². The summed E-state index contributed by atoms with van der Waals surface area (Å²) in [5.74, 6) is -0.543. The summed E-state index contributed by atoms with van der Waals surface area (Å²) in [7, 11) is -1.49. The Hall–Kier alpha value is -1.85. The van der Waals surface area contributed by atoms with Gasteiger partial charge in [0.15, 0.2) is 0 Å². The molecule has 0 radical (unpaired) electrons. The summed E-state index contributed by atoms with van der Waals surface area (Å²) < 4.78 is 12.1. The molecular formula is C14H13ClN2O2S. The zero-order chi connectivity index (χ0) is 14.5. The molecule has 2 aromatic carbocycles. The van der Waals surface area contributed by atoms with Crippen LogP contribution in [-0.4, -0.2) is 15.9 Å². The van der Waals surface area contributed by atoms with Crippen LogP contribution < -0.4 is 11.1 Å². The second-order valence-electron chi connectivity index (χ2n) is 4.06. The minimum Gasteiger partial charge on any atom is -0.397 e. The summed E-state index contributed by atoms with van der Waals surface area (Å²) in [6.45, 7) is 0. The van der Waals surface area contributed by atoms with Gasteiger partial charge in [0.1, 0.15) is 5.75 Å². The van der Waals surface area contributed by atoms with Crippen LogP contribution in [0.25, 0.3) is 0 Å². The van der Waals surface area contributed by atoms with Gasteiger partial charge in [-0.1, -0.05) is 35.9 Å².